The van der Waals surface area contributed by atoms with Gasteiger partial charge in [0.1, 0.15) is 5.75 Å². The van der Waals surface area contributed by atoms with Gasteiger partial charge in [-0.05, 0) is 25.1 Å². The zero-order valence-corrected chi connectivity index (χ0v) is 12.0. The van der Waals surface area contributed by atoms with Gasteiger partial charge in [-0.15, -0.1) is 6.42 Å². The molecule has 4 nitrogen and oxygen atoms in total. The highest BCUT2D eigenvalue weighted by molar-refractivity contribution is 9.10. The minimum absolute atomic E-state index is 0.0345. The number of terminal acetylenes is 1. The molecule has 0 spiro atoms. The summed E-state index contributed by atoms with van der Waals surface area (Å²) >= 11 is 3.44. The average molecular weight is 321 g/mol. The number of carbonyl (C=O) groups excluding carboxylic acids is 1. The van der Waals surface area contributed by atoms with Crippen LogP contribution in [0.1, 0.15) is 24.9 Å². The van der Waals surface area contributed by atoms with Gasteiger partial charge in [0.05, 0.1) is 12.6 Å². The maximum atomic E-state index is 12.1. The fourth-order valence-corrected chi connectivity index (χ4v) is 3.10. The highest BCUT2D eigenvalue weighted by atomic mass is 79.9. The van der Waals surface area contributed by atoms with Crippen LogP contribution in [0.5, 0.6) is 5.75 Å². The summed E-state index contributed by atoms with van der Waals surface area (Å²) in [7, 11) is 0. The molecule has 1 N–H and O–H groups in total. The van der Waals surface area contributed by atoms with Crippen LogP contribution in [0.3, 0.4) is 0 Å². The standard InChI is InChI=1S/C14H13BrN2O2/c1-3-6-17-13(18)16-11-8-14(17,2)19-12-5-4-9(15)7-10(11)12/h1,4-5,7,11H,6,8H2,2H3,(H,16,18). The Morgan fingerprint density at radius 2 is 2.47 bits per heavy atom. The zero-order chi connectivity index (χ0) is 13.6. The van der Waals surface area contributed by atoms with Gasteiger partial charge in [-0.2, -0.15) is 0 Å². The molecule has 2 unspecified atom stereocenters. The maximum Gasteiger partial charge on any atom is 0.321 e. The first kappa shape index (κ1) is 12.4. The summed E-state index contributed by atoms with van der Waals surface area (Å²) in [5.74, 6) is 3.30. The summed E-state index contributed by atoms with van der Waals surface area (Å²) in [4.78, 5) is 13.7. The van der Waals surface area contributed by atoms with Gasteiger partial charge >= 0.3 is 6.03 Å². The minimum Gasteiger partial charge on any atom is -0.468 e. The van der Waals surface area contributed by atoms with Crippen molar-refractivity contribution in [1.82, 2.24) is 10.2 Å². The van der Waals surface area contributed by atoms with Crippen molar-refractivity contribution in [2.75, 3.05) is 6.54 Å². The summed E-state index contributed by atoms with van der Waals surface area (Å²) in [6.07, 6.45) is 6.02. The third kappa shape index (κ3) is 1.87. The van der Waals surface area contributed by atoms with Crippen LogP contribution < -0.4 is 10.1 Å². The Kier molecular flexibility index (Phi) is 2.72. The number of carbonyl (C=O) groups is 1. The molecule has 2 amide bonds. The number of amides is 2. The molecule has 2 aliphatic rings. The first-order chi connectivity index (χ1) is 9.03. The predicted molar refractivity (Wildman–Crippen MR) is 74.6 cm³/mol. The molecule has 2 aliphatic heterocycles. The Hall–Kier alpha value is -1.67. The number of fused-ring (bicyclic) bond motifs is 4. The number of halogens is 1. The third-order valence-corrected chi connectivity index (χ3v) is 4.12. The molecule has 0 radical (unpaired) electrons. The molecular weight excluding hydrogens is 308 g/mol. The normalized spacial score (nSPS) is 27.9. The van der Waals surface area contributed by atoms with Gasteiger partial charge < -0.3 is 10.1 Å². The summed E-state index contributed by atoms with van der Waals surface area (Å²) in [6.45, 7) is 2.14. The first-order valence-electron chi connectivity index (χ1n) is 6.03. The molecule has 98 valence electrons. The van der Waals surface area contributed by atoms with Gasteiger partial charge in [0, 0.05) is 16.5 Å². The second-order valence-corrected chi connectivity index (χ2v) is 5.87. The lowest BCUT2D eigenvalue weighted by molar-refractivity contribution is -0.0779. The summed E-state index contributed by atoms with van der Waals surface area (Å²) in [6, 6.07) is 5.61. The highest BCUT2D eigenvalue weighted by Crippen LogP contribution is 2.44. The second-order valence-electron chi connectivity index (χ2n) is 4.96. The molecule has 19 heavy (non-hydrogen) atoms. The average Bonchev–Trinajstić information content (AvgIpc) is 2.35. The van der Waals surface area contributed by atoms with Gasteiger partial charge in [-0.1, -0.05) is 21.9 Å². The van der Waals surface area contributed by atoms with Crippen molar-refractivity contribution in [1.29, 1.82) is 0 Å². The largest absolute Gasteiger partial charge is 0.468 e. The number of nitrogens with zero attached hydrogens (tertiary/aromatic N) is 1. The van der Waals surface area contributed by atoms with Crippen molar-refractivity contribution in [3.63, 3.8) is 0 Å². The molecule has 0 saturated carbocycles. The first-order valence-corrected chi connectivity index (χ1v) is 6.83. The van der Waals surface area contributed by atoms with Crippen LogP contribution in [0.4, 0.5) is 4.79 Å². The summed E-state index contributed by atoms with van der Waals surface area (Å²) < 4.78 is 7.00. The molecular formula is C14H13BrN2O2. The van der Waals surface area contributed by atoms with E-state index in [-0.39, 0.29) is 18.6 Å². The molecule has 1 saturated heterocycles. The van der Waals surface area contributed by atoms with E-state index in [9.17, 15) is 4.79 Å². The van der Waals surface area contributed by atoms with E-state index in [0.29, 0.717) is 6.42 Å². The minimum atomic E-state index is -0.680. The van der Waals surface area contributed by atoms with Crippen LogP contribution in [0.15, 0.2) is 22.7 Å². The number of nitrogens with one attached hydrogen (secondary N) is 1. The number of benzene rings is 1. The molecule has 0 aromatic heterocycles. The van der Waals surface area contributed by atoms with E-state index in [4.69, 9.17) is 11.2 Å². The molecule has 1 aromatic rings. The van der Waals surface area contributed by atoms with Gasteiger partial charge in [-0.25, -0.2) is 4.79 Å². The van der Waals surface area contributed by atoms with Crippen molar-refractivity contribution >= 4 is 22.0 Å². The van der Waals surface area contributed by atoms with E-state index < -0.39 is 5.72 Å². The Morgan fingerprint density at radius 1 is 1.68 bits per heavy atom. The lowest BCUT2D eigenvalue weighted by Crippen LogP contribution is -2.64. The van der Waals surface area contributed by atoms with Gasteiger partial charge in [0.15, 0.2) is 5.72 Å². The van der Waals surface area contributed by atoms with Crippen LogP contribution in [0.25, 0.3) is 0 Å². The van der Waals surface area contributed by atoms with Crippen LogP contribution in [-0.4, -0.2) is 23.2 Å². The highest BCUT2D eigenvalue weighted by Gasteiger charge is 2.48. The van der Waals surface area contributed by atoms with Gasteiger partial charge in [0.2, 0.25) is 0 Å². The van der Waals surface area contributed by atoms with E-state index in [2.05, 4.69) is 27.2 Å². The lowest BCUT2D eigenvalue weighted by Gasteiger charge is -2.50. The van der Waals surface area contributed by atoms with E-state index in [1.54, 1.807) is 4.90 Å². The molecule has 5 heteroatoms. The SMILES string of the molecule is C#CCN1C(=O)NC2CC1(C)Oc1ccc(Br)cc12. The van der Waals surface area contributed by atoms with Crippen molar-refractivity contribution in [3.8, 4) is 18.1 Å². The molecule has 1 fully saturated rings. The van der Waals surface area contributed by atoms with E-state index in [1.165, 1.54) is 0 Å². The number of rotatable bonds is 1. The van der Waals surface area contributed by atoms with Gasteiger partial charge in [0.25, 0.3) is 0 Å². The zero-order valence-electron chi connectivity index (χ0n) is 10.4. The summed E-state index contributed by atoms with van der Waals surface area (Å²) in [5, 5.41) is 2.98. The van der Waals surface area contributed by atoms with Crippen LogP contribution in [-0.2, 0) is 0 Å². The van der Waals surface area contributed by atoms with E-state index in [0.717, 1.165) is 15.8 Å². The fourth-order valence-electron chi connectivity index (χ4n) is 2.72. The topological polar surface area (TPSA) is 41.6 Å². The number of urea groups is 1. The Bertz CT molecular complexity index is 596. The molecule has 0 aliphatic carbocycles. The Balaban J connectivity index is 2.06. The molecule has 3 rings (SSSR count). The summed E-state index contributed by atoms with van der Waals surface area (Å²) in [5.41, 5.74) is 0.320. The van der Waals surface area contributed by atoms with Crippen molar-refractivity contribution in [2.24, 2.45) is 0 Å². The Labute approximate surface area is 120 Å². The van der Waals surface area contributed by atoms with Crippen molar-refractivity contribution in [3.05, 3.63) is 28.2 Å². The quantitative estimate of drug-likeness (QED) is 0.808. The van der Waals surface area contributed by atoms with Crippen LogP contribution >= 0.6 is 15.9 Å². The van der Waals surface area contributed by atoms with E-state index in [1.807, 2.05) is 25.1 Å². The number of hydrogen-bond acceptors (Lipinski definition) is 2. The van der Waals surface area contributed by atoms with Crippen LogP contribution in [0.2, 0.25) is 0 Å². The molecule has 1 aromatic carbocycles. The predicted octanol–water partition coefficient (Wildman–Crippen LogP) is 2.65. The number of hydrogen-bond donors (Lipinski definition) is 1. The fraction of sp³-hybridized carbons (Fsp3) is 0.357. The molecule has 2 bridgehead atoms. The third-order valence-electron chi connectivity index (χ3n) is 3.62. The maximum absolute atomic E-state index is 12.1. The van der Waals surface area contributed by atoms with Crippen molar-refractivity contribution < 1.29 is 9.53 Å². The Morgan fingerprint density at radius 3 is 3.21 bits per heavy atom. The molecule has 2 heterocycles. The van der Waals surface area contributed by atoms with E-state index >= 15 is 0 Å². The van der Waals surface area contributed by atoms with Crippen molar-refractivity contribution in [2.45, 2.75) is 25.1 Å². The second kappa shape index (κ2) is 4.17. The molecule has 2 atom stereocenters. The smallest absolute Gasteiger partial charge is 0.321 e. The monoisotopic (exact) mass is 320 g/mol. The number of ether oxygens (including phenoxy) is 1. The van der Waals surface area contributed by atoms with Crippen LogP contribution in [0, 0.1) is 12.3 Å². The van der Waals surface area contributed by atoms with Gasteiger partial charge in [-0.3, -0.25) is 4.90 Å². The lowest BCUT2D eigenvalue weighted by atomic mass is 9.90.